The minimum Gasteiger partial charge on any atom is -0.335 e. The lowest BCUT2D eigenvalue weighted by Gasteiger charge is -2.35. The van der Waals surface area contributed by atoms with Crippen LogP contribution in [0.5, 0.6) is 0 Å². The Morgan fingerprint density at radius 2 is 1.25 bits per heavy atom. The molecule has 0 bridgehead atoms. The summed E-state index contributed by atoms with van der Waals surface area (Å²) in [4.78, 5) is 28.7. The summed E-state index contributed by atoms with van der Waals surface area (Å²) < 4.78 is 0. The van der Waals surface area contributed by atoms with Gasteiger partial charge in [-0.15, -0.1) is 0 Å². The lowest BCUT2D eigenvalue weighted by atomic mass is 10.1. The fourth-order valence-corrected chi connectivity index (χ4v) is 3.12. The Morgan fingerprint density at radius 1 is 0.792 bits per heavy atom. The van der Waals surface area contributed by atoms with Gasteiger partial charge in [0.15, 0.2) is 0 Å². The Hall–Kier alpha value is -2.33. The molecule has 24 heavy (non-hydrogen) atoms. The Balaban J connectivity index is 1.66. The van der Waals surface area contributed by atoms with Gasteiger partial charge in [-0.25, -0.2) is 0 Å². The van der Waals surface area contributed by atoms with E-state index in [-0.39, 0.29) is 11.8 Å². The Bertz CT molecular complexity index is 702. The molecular weight excluding hydrogens is 324 g/mol. The summed E-state index contributed by atoms with van der Waals surface area (Å²) in [7, 11) is 0. The van der Waals surface area contributed by atoms with Gasteiger partial charge < -0.3 is 9.80 Å². The molecule has 1 aliphatic heterocycles. The van der Waals surface area contributed by atoms with Crippen LogP contribution in [0.3, 0.4) is 0 Å². The number of nitrogens with zero attached hydrogens (tertiary/aromatic N) is 2. The lowest BCUT2D eigenvalue weighted by molar-refractivity contribution is 0.0535. The fourth-order valence-electron chi connectivity index (χ4n) is 2.90. The largest absolute Gasteiger partial charge is 0.335 e. The van der Waals surface area contributed by atoms with Crippen molar-refractivity contribution < 1.29 is 9.59 Å². The predicted octanol–water partition coefficient (Wildman–Crippen LogP) is 3.25. The third-order valence-electron chi connectivity index (χ3n) is 4.33. The number of piperazine rings is 1. The van der Waals surface area contributed by atoms with Gasteiger partial charge >= 0.3 is 0 Å². The summed E-state index contributed by atoms with van der Waals surface area (Å²) in [6, 6.07) is 14.6. The normalized spacial score (nSPS) is 14.6. The van der Waals surface area contributed by atoms with Crippen molar-refractivity contribution in [1.82, 2.24) is 9.80 Å². The van der Waals surface area contributed by atoms with Crippen molar-refractivity contribution >= 4 is 23.4 Å². The topological polar surface area (TPSA) is 40.6 Å². The summed E-state index contributed by atoms with van der Waals surface area (Å²) in [5.41, 5.74) is 2.21. The number of aryl methyl sites for hydroxylation is 1. The molecule has 0 aromatic heterocycles. The molecule has 4 nitrogen and oxygen atoms in total. The molecule has 1 fully saturated rings. The van der Waals surface area contributed by atoms with E-state index in [4.69, 9.17) is 11.6 Å². The number of amides is 2. The molecule has 1 aliphatic rings. The average molecular weight is 343 g/mol. The maximum atomic E-state index is 12.6. The average Bonchev–Trinajstić information content (AvgIpc) is 2.61. The summed E-state index contributed by atoms with van der Waals surface area (Å²) in [6.07, 6.45) is 0. The lowest BCUT2D eigenvalue weighted by Crippen LogP contribution is -2.50. The molecule has 2 amide bonds. The second-order valence-electron chi connectivity index (χ2n) is 5.88. The van der Waals surface area contributed by atoms with Crippen LogP contribution in [0.25, 0.3) is 0 Å². The van der Waals surface area contributed by atoms with E-state index < -0.39 is 0 Å². The summed E-state index contributed by atoms with van der Waals surface area (Å²) in [5.74, 6) is -0.0541. The number of hydrogen-bond acceptors (Lipinski definition) is 2. The van der Waals surface area contributed by atoms with Crippen LogP contribution < -0.4 is 0 Å². The van der Waals surface area contributed by atoms with E-state index in [0.717, 1.165) is 11.1 Å². The molecular formula is C19H19ClN2O2. The summed E-state index contributed by atoms with van der Waals surface area (Å²) >= 11 is 6.10. The Morgan fingerprint density at radius 3 is 1.79 bits per heavy atom. The fraction of sp³-hybridized carbons (Fsp3) is 0.263. The molecule has 3 rings (SSSR count). The zero-order chi connectivity index (χ0) is 17.1. The number of carbonyl (C=O) groups excluding carboxylic acids is 2. The van der Waals surface area contributed by atoms with Crippen LogP contribution in [0.2, 0.25) is 5.02 Å². The van der Waals surface area contributed by atoms with Crippen molar-refractivity contribution in [3.63, 3.8) is 0 Å². The van der Waals surface area contributed by atoms with Gasteiger partial charge in [-0.2, -0.15) is 0 Å². The molecule has 0 saturated carbocycles. The minimum absolute atomic E-state index is 0.0259. The number of rotatable bonds is 2. The van der Waals surface area contributed by atoms with Crippen LogP contribution >= 0.6 is 11.6 Å². The molecule has 2 aromatic carbocycles. The van der Waals surface area contributed by atoms with Crippen LogP contribution in [0, 0.1) is 6.92 Å². The standard InChI is InChI=1S/C19H19ClN2O2/c1-14-6-2-3-7-15(14)18(23)21-10-12-22(13-11-21)19(24)16-8-4-5-9-17(16)20/h2-9H,10-13H2,1H3. The quantitative estimate of drug-likeness (QED) is 0.840. The monoisotopic (exact) mass is 342 g/mol. The van der Waals surface area contributed by atoms with E-state index in [9.17, 15) is 9.59 Å². The van der Waals surface area contributed by atoms with Crippen molar-refractivity contribution in [2.75, 3.05) is 26.2 Å². The third kappa shape index (κ3) is 3.29. The van der Waals surface area contributed by atoms with Gasteiger partial charge in [0, 0.05) is 31.7 Å². The Kier molecular flexibility index (Phi) is 4.86. The van der Waals surface area contributed by atoms with Crippen molar-refractivity contribution in [2.24, 2.45) is 0 Å². The third-order valence-corrected chi connectivity index (χ3v) is 4.66. The first-order chi connectivity index (χ1) is 11.6. The van der Waals surface area contributed by atoms with E-state index in [1.807, 2.05) is 31.2 Å². The summed E-state index contributed by atoms with van der Waals surface area (Å²) in [5, 5.41) is 0.459. The highest BCUT2D eigenvalue weighted by molar-refractivity contribution is 6.33. The number of carbonyl (C=O) groups is 2. The van der Waals surface area contributed by atoms with Crippen LogP contribution in [0.4, 0.5) is 0 Å². The van der Waals surface area contributed by atoms with E-state index in [0.29, 0.717) is 36.8 Å². The Labute approximate surface area is 146 Å². The maximum Gasteiger partial charge on any atom is 0.255 e. The van der Waals surface area contributed by atoms with E-state index >= 15 is 0 Å². The molecule has 124 valence electrons. The first kappa shape index (κ1) is 16.5. The van der Waals surface area contributed by atoms with E-state index in [1.54, 1.807) is 34.1 Å². The van der Waals surface area contributed by atoms with E-state index in [1.165, 1.54) is 0 Å². The van der Waals surface area contributed by atoms with Crippen LogP contribution in [0.1, 0.15) is 26.3 Å². The molecule has 0 radical (unpaired) electrons. The minimum atomic E-state index is -0.0800. The first-order valence-electron chi connectivity index (χ1n) is 7.96. The molecule has 0 aliphatic carbocycles. The van der Waals surface area contributed by atoms with Gasteiger partial charge in [0.1, 0.15) is 0 Å². The van der Waals surface area contributed by atoms with Crippen molar-refractivity contribution in [3.8, 4) is 0 Å². The molecule has 0 spiro atoms. The number of hydrogen-bond donors (Lipinski definition) is 0. The van der Waals surface area contributed by atoms with Gasteiger partial charge in [-0.05, 0) is 30.7 Å². The molecule has 5 heteroatoms. The SMILES string of the molecule is Cc1ccccc1C(=O)N1CCN(C(=O)c2ccccc2Cl)CC1. The van der Waals surface area contributed by atoms with Gasteiger partial charge in [-0.1, -0.05) is 41.9 Å². The zero-order valence-corrected chi connectivity index (χ0v) is 14.3. The molecule has 0 unspecified atom stereocenters. The number of benzene rings is 2. The molecule has 1 saturated heterocycles. The second kappa shape index (κ2) is 7.05. The van der Waals surface area contributed by atoms with Crippen LogP contribution in [0.15, 0.2) is 48.5 Å². The van der Waals surface area contributed by atoms with Crippen molar-refractivity contribution in [2.45, 2.75) is 6.92 Å². The smallest absolute Gasteiger partial charge is 0.255 e. The number of halogens is 1. The van der Waals surface area contributed by atoms with E-state index in [2.05, 4.69) is 0 Å². The van der Waals surface area contributed by atoms with Crippen molar-refractivity contribution in [3.05, 3.63) is 70.2 Å². The molecule has 1 heterocycles. The first-order valence-corrected chi connectivity index (χ1v) is 8.34. The molecule has 0 N–H and O–H groups in total. The predicted molar refractivity (Wildman–Crippen MR) is 94.4 cm³/mol. The summed E-state index contributed by atoms with van der Waals surface area (Å²) in [6.45, 7) is 4.03. The highest BCUT2D eigenvalue weighted by Gasteiger charge is 2.26. The zero-order valence-electron chi connectivity index (χ0n) is 13.5. The highest BCUT2D eigenvalue weighted by Crippen LogP contribution is 2.19. The molecule has 2 aromatic rings. The van der Waals surface area contributed by atoms with Crippen molar-refractivity contribution in [1.29, 1.82) is 0 Å². The van der Waals surface area contributed by atoms with Crippen LogP contribution in [-0.2, 0) is 0 Å². The van der Waals surface area contributed by atoms with Gasteiger partial charge in [0.05, 0.1) is 10.6 Å². The van der Waals surface area contributed by atoms with Gasteiger partial charge in [-0.3, -0.25) is 9.59 Å². The second-order valence-corrected chi connectivity index (χ2v) is 6.29. The highest BCUT2D eigenvalue weighted by atomic mass is 35.5. The van der Waals surface area contributed by atoms with Crippen LogP contribution in [-0.4, -0.2) is 47.8 Å². The molecule has 0 atom stereocenters. The van der Waals surface area contributed by atoms with Gasteiger partial charge in [0.25, 0.3) is 11.8 Å². The van der Waals surface area contributed by atoms with Gasteiger partial charge in [0.2, 0.25) is 0 Å². The maximum absolute atomic E-state index is 12.6.